The molecule has 0 amide bonds. The van der Waals surface area contributed by atoms with Gasteiger partial charge in [0.2, 0.25) is 5.90 Å². The summed E-state index contributed by atoms with van der Waals surface area (Å²) in [6.07, 6.45) is 0. The van der Waals surface area contributed by atoms with Gasteiger partial charge in [-0.05, 0) is 33.9 Å². The molecule has 6 heteroatoms. The molecule has 0 spiro atoms. The Hall–Kier alpha value is -0.966. The molecule has 0 aromatic heterocycles. The first-order valence-electron chi connectivity index (χ1n) is 11.3. The Morgan fingerprint density at radius 1 is 1.00 bits per heavy atom. The Bertz CT molecular complexity index is 924. The maximum absolute atomic E-state index is 6.07. The van der Waals surface area contributed by atoms with Crippen molar-refractivity contribution < 1.29 is 15.6 Å². The Morgan fingerprint density at radius 3 is 2.00 bits per heavy atom. The van der Waals surface area contributed by atoms with Gasteiger partial charge in [0.15, 0.2) is 0 Å². The summed E-state index contributed by atoms with van der Waals surface area (Å²) in [5.74, 6) is 1.59. The summed E-state index contributed by atoms with van der Waals surface area (Å²) in [6, 6.07) is 17.1. The molecule has 1 aliphatic heterocycles. The molecule has 1 aliphatic rings. The first-order valence-corrected chi connectivity index (χ1v) is 16.2. The van der Waals surface area contributed by atoms with Crippen LogP contribution >= 0.6 is 28.5 Å². The summed E-state index contributed by atoms with van der Waals surface area (Å²) < 4.78 is 6.07. The summed E-state index contributed by atoms with van der Waals surface area (Å²) >= 11 is 6.00. The van der Waals surface area contributed by atoms with Crippen LogP contribution in [0.4, 0.5) is 0 Å². The van der Waals surface area contributed by atoms with E-state index in [0.29, 0.717) is 30.9 Å². The standard InChI is InChI=1S/C27H36N2O.2BrH.Ni/c1-18(2)21-14-11-15-22(19(3)4)23(21)16-28-25(20-12-9-8-10-13-20)26-29-24(17-30-26)27(5,6)7;;;/h8-15,18-19,24H,16-17H2,1-7H3;2*1H;/q;;;+2/p-2/t24-;;;/m1.../s1. The van der Waals surface area contributed by atoms with E-state index >= 15 is 0 Å². The zero-order valence-electron chi connectivity index (χ0n) is 20.6. The molecule has 0 bridgehead atoms. The van der Waals surface area contributed by atoms with Crippen molar-refractivity contribution in [2.24, 2.45) is 15.4 Å². The number of hydrogen-bond acceptors (Lipinski definition) is 3. The Labute approximate surface area is 220 Å². The van der Waals surface area contributed by atoms with Gasteiger partial charge in [0.1, 0.15) is 12.3 Å². The molecule has 33 heavy (non-hydrogen) atoms. The Balaban J connectivity index is 0.00000122. The number of halogens is 2. The third-order valence-corrected chi connectivity index (χ3v) is 5.79. The molecule has 2 aromatic rings. The van der Waals surface area contributed by atoms with E-state index in [4.69, 9.17) is 14.7 Å². The fraction of sp³-hybridized carbons (Fsp3) is 0.481. The Morgan fingerprint density at radius 2 is 1.55 bits per heavy atom. The van der Waals surface area contributed by atoms with E-state index in [1.807, 2.05) is 18.2 Å². The minimum absolute atomic E-state index is 0.0681. The normalized spacial score (nSPS) is 16.5. The van der Waals surface area contributed by atoms with Crippen LogP contribution in [0.5, 0.6) is 0 Å². The van der Waals surface area contributed by atoms with Crippen LogP contribution < -0.4 is 0 Å². The van der Waals surface area contributed by atoms with Crippen LogP contribution in [-0.2, 0) is 22.2 Å². The van der Waals surface area contributed by atoms with E-state index in [1.54, 1.807) is 0 Å². The molecule has 0 saturated carbocycles. The van der Waals surface area contributed by atoms with Crippen molar-refractivity contribution >= 4 is 40.1 Å². The third kappa shape index (κ3) is 8.04. The van der Waals surface area contributed by atoms with E-state index in [-0.39, 0.29) is 11.5 Å². The van der Waals surface area contributed by atoms with Crippen molar-refractivity contribution in [2.75, 3.05) is 6.61 Å². The first-order chi connectivity index (χ1) is 15.6. The van der Waals surface area contributed by atoms with E-state index < -0.39 is 0 Å². The van der Waals surface area contributed by atoms with Gasteiger partial charge in [0, 0.05) is 5.56 Å². The predicted octanol–water partition coefficient (Wildman–Crippen LogP) is 8.45. The van der Waals surface area contributed by atoms with Gasteiger partial charge in [-0.2, -0.15) is 0 Å². The summed E-state index contributed by atoms with van der Waals surface area (Å²) in [6.45, 7) is 16.9. The molecule has 1 atom stereocenters. The fourth-order valence-corrected chi connectivity index (χ4v) is 3.87. The molecular formula is C27H36Br2N2NiO. The number of nitrogens with zero attached hydrogens (tertiary/aromatic N) is 2. The van der Waals surface area contributed by atoms with Gasteiger partial charge in [0.25, 0.3) is 0 Å². The molecule has 2 aromatic carbocycles. The molecule has 0 unspecified atom stereocenters. The van der Waals surface area contributed by atoms with E-state index in [9.17, 15) is 0 Å². The number of ether oxygens (including phenoxy) is 1. The minimum atomic E-state index is 0.0681. The van der Waals surface area contributed by atoms with Gasteiger partial charge in [-0.15, -0.1) is 0 Å². The van der Waals surface area contributed by atoms with E-state index in [2.05, 4.69) is 107 Å². The van der Waals surface area contributed by atoms with Crippen molar-refractivity contribution in [1.82, 2.24) is 0 Å². The quantitative estimate of drug-likeness (QED) is 0.235. The van der Waals surface area contributed by atoms with Crippen LogP contribution in [0.25, 0.3) is 0 Å². The predicted molar refractivity (Wildman–Crippen MR) is 146 cm³/mol. The van der Waals surface area contributed by atoms with Gasteiger partial charge in [-0.3, -0.25) is 4.99 Å². The second-order valence-corrected chi connectivity index (χ2v) is 14.9. The second kappa shape index (κ2) is 13.2. The first kappa shape index (κ1) is 28.3. The molecule has 184 valence electrons. The molecule has 1 heterocycles. The number of rotatable bonds is 6. The zero-order chi connectivity index (χ0) is 24.6. The third-order valence-electron chi connectivity index (χ3n) is 5.79. The zero-order valence-corrected chi connectivity index (χ0v) is 24.8. The number of benzene rings is 2. The molecule has 0 radical (unpaired) electrons. The topological polar surface area (TPSA) is 34.0 Å². The van der Waals surface area contributed by atoms with Gasteiger partial charge < -0.3 is 4.74 Å². The summed E-state index contributed by atoms with van der Waals surface area (Å²) in [7, 11) is 1.25. The fourth-order valence-electron chi connectivity index (χ4n) is 3.87. The molecule has 3 nitrogen and oxygen atoms in total. The average molecular weight is 623 g/mol. The van der Waals surface area contributed by atoms with E-state index in [0.717, 1.165) is 11.3 Å². The SMILES string of the molecule is CC(C)c1cccc(C(C)C)c1CN=C(C1=N[C@@H](C(C)(C)C)CO1)c1ccccc1.[Br][Ni][Br]. The van der Waals surface area contributed by atoms with Crippen molar-refractivity contribution in [3.63, 3.8) is 0 Å². The number of hydrogen-bond donors (Lipinski definition) is 0. The molecule has 0 saturated heterocycles. The average Bonchev–Trinajstić information content (AvgIpc) is 3.25. The number of aliphatic imine (C=N–C) groups is 2. The van der Waals surface area contributed by atoms with Crippen LogP contribution in [0.3, 0.4) is 0 Å². The Kier molecular flexibility index (Phi) is 11.3. The van der Waals surface area contributed by atoms with Crippen molar-refractivity contribution in [3.05, 3.63) is 70.8 Å². The van der Waals surface area contributed by atoms with Crippen LogP contribution in [0, 0.1) is 5.41 Å². The van der Waals surface area contributed by atoms with Crippen molar-refractivity contribution in [2.45, 2.75) is 72.9 Å². The summed E-state index contributed by atoms with van der Waals surface area (Å²) in [5, 5.41) is 0. The van der Waals surface area contributed by atoms with Crippen LogP contribution in [0.15, 0.2) is 58.5 Å². The van der Waals surface area contributed by atoms with Crippen LogP contribution in [0.1, 0.15) is 82.6 Å². The molecule has 3 rings (SSSR count). The monoisotopic (exact) mass is 620 g/mol. The molecule has 0 fully saturated rings. The van der Waals surface area contributed by atoms with Crippen molar-refractivity contribution in [3.8, 4) is 0 Å². The molecular weight excluding hydrogens is 587 g/mol. The van der Waals surface area contributed by atoms with Crippen LogP contribution in [0.2, 0.25) is 0 Å². The van der Waals surface area contributed by atoms with E-state index in [1.165, 1.54) is 27.6 Å². The van der Waals surface area contributed by atoms with Gasteiger partial charge in [-0.1, -0.05) is 97.0 Å². The maximum atomic E-state index is 6.07. The van der Waals surface area contributed by atoms with Crippen molar-refractivity contribution in [1.29, 1.82) is 0 Å². The second-order valence-electron chi connectivity index (χ2n) is 9.93. The van der Waals surface area contributed by atoms with Crippen LogP contribution in [-0.4, -0.2) is 24.3 Å². The van der Waals surface area contributed by atoms with Gasteiger partial charge >= 0.3 is 39.3 Å². The summed E-state index contributed by atoms with van der Waals surface area (Å²) in [4.78, 5) is 10.0. The molecule has 0 N–H and O–H groups in total. The molecule has 0 aliphatic carbocycles. The van der Waals surface area contributed by atoms with Gasteiger partial charge in [0.05, 0.1) is 12.6 Å². The van der Waals surface area contributed by atoms with Gasteiger partial charge in [-0.25, -0.2) is 4.99 Å². The summed E-state index contributed by atoms with van der Waals surface area (Å²) in [5.41, 5.74) is 6.06.